The number of non-ortho nitro benzene ring substituents is 1. The van der Waals surface area contributed by atoms with E-state index in [1.54, 1.807) is 12.1 Å². The first-order chi connectivity index (χ1) is 11.6. The maximum atomic E-state index is 11.0. The molecule has 0 amide bonds. The Balaban J connectivity index is 2.08. The van der Waals surface area contributed by atoms with E-state index in [1.165, 1.54) is 0 Å². The van der Waals surface area contributed by atoms with Gasteiger partial charge in [0.15, 0.2) is 0 Å². The van der Waals surface area contributed by atoms with Gasteiger partial charge in [0.2, 0.25) is 0 Å². The lowest BCUT2D eigenvalue weighted by molar-refractivity contribution is -0.384. The molecule has 0 bridgehead atoms. The fourth-order valence-electron chi connectivity index (χ4n) is 3.01. The predicted octanol–water partition coefficient (Wildman–Crippen LogP) is 4.17. The van der Waals surface area contributed by atoms with Gasteiger partial charge in [-0.15, -0.1) is 0 Å². The van der Waals surface area contributed by atoms with E-state index in [0.29, 0.717) is 0 Å². The van der Waals surface area contributed by atoms with Crippen LogP contribution in [0.3, 0.4) is 0 Å². The Morgan fingerprint density at radius 2 is 1.83 bits per heavy atom. The van der Waals surface area contributed by atoms with Gasteiger partial charge in [-0.3, -0.25) is 10.1 Å². The molecule has 0 aliphatic rings. The summed E-state index contributed by atoms with van der Waals surface area (Å²) < 4.78 is 2.26. The molecular weight excluding hydrogens is 302 g/mol. The largest absolute Gasteiger partial charge is 0.340 e. The van der Waals surface area contributed by atoms with E-state index in [2.05, 4.69) is 35.7 Å². The van der Waals surface area contributed by atoms with Crippen LogP contribution in [0.1, 0.15) is 6.42 Å². The summed E-state index contributed by atoms with van der Waals surface area (Å²) in [5.74, 6) is 0. The van der Waals surface area contributed by atoms with E-state index in [4.69, 9.17) is 0 Å². The number of aryl methyl sites for hydroxylation is 1. The molecule has 2 aromatic carbocycles. The molecular formula is C19H21N3O2. The summed E-state index contributed by atoms with van der Waals surface area (Å²) in [5.41, 5.74) is 3.40. The highest BCUT2D eigenvalue weighted by Crippen LogP contribution is 2.30. The lowest BCUT2D eigenvalue weighted by Crippen LogP contribution is -2.15. The summed E-state index contributed by atoms with van der Waals surface area (Å²) in [7, 11) is 4.13. The summed E-state index contributed by atoms with van der Waals surface area (Å²) >= 11 is 0. The quantitative estimate of drug-likeness (QED) is 0.505. The monoisotopic (exact) mass is 323 g/mol. The second-order valence-corrected chi connectivity index (χ2v) is 6.20. The molecule has 0 fully saturated rings. The molecule has 0 saturated carbocycles. The van der Waals surface area contributed by atoms with Gasteiger partial charge in [0, 0.05) is 35.3 Å². The Morgan fingerprint density at radius 3 is 2.50 bits per heavy atom. The summed E-state index contributed by atoms with van der Waals surface area (Å²) in [6.45, 7) is 1.88. The van der Waals surface area contributed by atoms with Crippen LogP contribution in [0.4, 0.5) is 5.69 Å². The third-order valence-electron chi connectivity index (χ3n) is 4.15. The van der Waals surface area contributed by atoms with Crippen molar-refractivity contribution in [1.29, 1.82) is 0 Å². The minimum Gasteiger partial charge on any atom is -0.340 e. The summed E-state index contributed by atoms with van der Waals surface area (Å²) in [6.07, 6.45) is 1.02. The van der Waals surface area contributed by atoms with Gasteiger partial charge in [-0.1, -0.05) is 30.3 Å². The molecule has 0 spiro atoms. The number of hydrogen-bond donors (Lipinski definition) is 0. The van der Waals surface area contributed by atoms with Crippen molar-refractivity contribution >= 4 is 16.6 Å². The topological polar surface area (TPSA) is 51.3 Å². The lowest BCUT2D eigenvalue weighted by atomic mass is 10.1. The van der Waals surface area contributed by atoms with Crippen molar-refractivity contribution in [3.05, 3.63) is 64.7 Å². The Kier molecular flexibility index (Phi) is 4.62. The molecule has 5 heteroatoms. The number of benzene rings is 2. The highest BCUT2D eigenvalue weighted by atomic mass is 16.6. The average molecular weight is 323 g/mol. The van der Waals surface area contributed by atoms with Crippen LogP contribution in [0, 0.1) is 10.1 Å². The van der Waals surface area contributed by atoms with Gasteiger partial charge >= 0.3 is 0 Å². The molecule has 24 heavy (non-hydrogen) atoms. The molecule has 3 rings (SSSR count). The van der Waals surface area contributed by atoms with Crippen LogP contribution in [0.2, 0.25) is 0 Å². The SMILES string of the molecule is CN(C)CCCn1c(-c2ccccc2)cc2cc([N+](=O)[O-])ccc21. The molecule has 0 aliphatic carbocycles. The number of rotatable bonds is 6. The smallest absolute Gasteiger partial charge is 0.270 e. The normalized spacial score (nSPS) is 11.3. The maximum absolute atomic E-state index is 11.0. The maximum Gasteiger partial charge on any atom is 0.270 e. The first kappa shape index (κ1) is 16.2. The molecule has 3 aromatic rings. The van der Waals surface area contributed by atoms with Crippen molar-refractivity contribution in [2.75, 3.05) is 20.6 Å². The van der Waals surface area contributed by atoms with E-state index in [0.717, 1.165) is 41.7 Å². The van der Waals surface area contributed by atoms with E-state index < -0.39 is 0 Å². The van der Waals surface area contributed by atoms with Crippen molar-refractivity contribution < 1.29 is 4.92 Å². The number of fused-ring (bicyclic) bond motifs is 1. The fraction of sp³-hybridized carbons (Fsp3) is 0.263. The lowest BCUT2D eigenvalue weighted by Gasteiger charge is -2.13. The third kappa shape index (κ3) is 3.31. The zero-order valence-electron chi connectivity index (χ0n) is 14.0. The van der Waals surface area contributed by atoms with Gasteiger partial charge in [-0.05, 0) is 44.8 Å². The number of nitro benzene ring substituents is 1. The number of nitrogens with zero attached hydrogens (tertiary/aromatic N) is 3. The van der Waals surface area contributed by atoms with Crippen LogP contribution in [0.5, 0.6) is 0 Å². The minimum absolute atomic E-state index is 0.132. The molecule has 0 atom stereocenters. The summed E-state index contributed by atoms with van der Waals surface area (Å²) in [6, 6.07) is 17.3. The molecule has 5 nitrogen and oxygen atoms in total. The summed E-state index contributed by atoms with van der Waals surface area (Å²) in [4.78, 5) is 12.9. The molecule has 0 unspecified atom stereocenters. The first-order valence-corrected chi connectivity index (χ1v) is 8.04. The van der Waals surface area contributed by atoms with Crippen molar-refractivity contribution in [3.8, 4) is 11.3 Å². The van der Waals surface area contributed by atoms with Crippen molar-refractivity contribution in [2.45, 2.75) is 13.0 Å². The number of aromatic nitrogens is 1. The average Bonchev–Trinajstić information content (AvgIpc) is 2.93. The molecule has 0 N–H and O–H groups in total. The van der Waals surface area contributed by atoms with Gasteiger partial charge in [0.05, 0.1) is 4.92 Å². The Hall–Kier alpha value is -2.66. The van der Waals surface area contributed by atoms with E-state index in [-0.39, 0.29) is 10.6 Å². The standard InChI is InChI=1S/C19H21N3O2/c1-20(2)11-6-12-21-18-10-9-17(22(23)24)13-16(18)14-19(21)15-7-4-3-5-8-15/h3-5,7-10,13-14H,6,11-12H2,1-2H3. The second-order valence-electron chi connectivity index (χ2n) is 6.20. The Bertz CT molecular complexity index is 854. The van der Waals surface area contributed by atoms with Crippen LogP contribution in [-0.4, -0.2) is 35.0 Å². The van der Waals surface area contributed by atoms with Crippen molar-refractivity contribution in [3.63, 3.8) is 0 Å². The van der Waals surface area contributed by atoms with Gasteiger partial charge in [0.1, 0.15) is 0 Å². The predicted molar refractivity (Wildman–Crippen MR) is 97.2 cm³/mol. The van der Waals surface area contributed by atoms with Crippen LogP contribution >= 0.6 is 0 Å². The third-order valence-corrected chi connectivity index (χ3v) is 4.15. The van der Waals surface area contributed by atoms with Crippen molar-refractivity contribution in [1.82, 2.24) is 9.47 Å². The second kappa shape index (κ2) is 6.84. The van der Waals surface area contributed by atoms with Gasteiger partial charge in [0.25, 0.3) is 5.69 Å². The Morgan fingerprint density at radius 1 is 1.08 bits per heavy atom. The minimum atomic E-state index is -0.342. The fourth-order valence-corrected chi connectivity index (χ4v) is 3.01. The zero-order valence-corrected chi connectivity index (χ0v) is 14.0. The molecule has 1 aromatic heterocycles. The van der Waals surface area contributed by atoms with Gasteiger partial charge < -0.3 is 9.47 Å². The van der Waals surface area contributed by atoms with Crippen LogP contribution in [0.25, 0.3) is 22.2 Å². The zero-order chi connectivity index (χ0) is 17.1. The van der Waals surface area contributed by atoms with Gasteiger partial charge in [-0.2, -0.15) is 0 Å². The molecule has 1 heterocycles. The van der Waals surface area contributed by atoms with Crippen LogP contribution in [-0.2, 0) is 6.54 Å². The number of hydrogen-bond acceptors (Lipinski definition) is 3. The molecule has 0 saturated heterocycles. The highest BCUT2D eigenvalue weighted by Gasteiger charge is 2.14. The summed E-state index contributed by atoms with van der Waals surface area (Å²) in [5, 5.41) is 12.0. The molecule has 124 valence electrons. The first-order valence-electron chi connectivity index (χ1n) is 8.04. The van der Waals surface area contributed by atoms with Crippen molar-refractivity contribution in [2.24, 2.45) is 0 Å². The van der Waals surface area contributed by atoms with Crippen LogP contribution < -0.4 is 0 Å². The highest BCUT2D eigenvalue weighted by molar-refractivity contribution is 5.88. The molecule has 0 aliphatic heterocycles. The Labute approximate surface area is 141 Å². The van der Waals surface area contributed by atoms with E-state index in [9.17, 15) is 10.1 Å². The molecule has 0 radical (unpaired) electrons. The number of nitro groups is 1. The van der Waals surface area contributed by atoms with Gasteiger partial charge in [-0.25, -0.2) is 0 Å². The van der Waals surface area contributed by atoms with Crippen LogP contribution in [0.15, 0.2) is 54.6 Å². The van der Waals surface area contributed by atoms with E-state index >= 15 is 0 Å². The van der Waals surface area contributed by atoms with E-state index in [1.807, 2.05) is 30.3 Å².